The molecule has 0 fully saturated rings. The number of para-hydroxylation sites is 1. The summed E-state index contributed by atoms with van der Waals surface area (Å²) in [6.45, 7) is 5.83. The summed E-state index contributed by atoms with van der Waals surface area (Å²) in [5.41, 5.74) is 1.16. The Hall–Kier alpha value is -2.37. The molecule has 0 saturated carbocycles. The second kappa shape index (κ2) is 11.7. The van der Waals surface area contributed by atoms with E-state index in [1.807, 2.05) is 49.4 Å². The maximum atomic E-state index is 12.2. The molecule has 3 N–H and O–H groups in total. The molecular weight excluding hydrogens is 378 g/mol. The molecule has 0 spiro atoms. The van der Waals surface area contributed by atoms with Crippen molar-refractivity contribution in [1.82, 2.24) is 5.32 Å². The van der Waals surface area contributed by atoms with Gasteiger partial charge in [-0.15, -0.1) is 0 Å². The average Bonchev–Trinajstić information content (AvgIpc) is 2.73. The van der Waals surface area contributed by atoms with E-state index in [1.165, 1.54) is 25.8 Å². The fourth-order valence-electron chi connectivity index (χ4n) is 3.38. The van der Waals surface area contributed by atoms with Crippen LogP contribution >= 0.6 is 0 Å². The van der Waals surface area contributed by atoms with Crippen LogP contribution in [0.15, 0.2) is 54.6 Å². The Morgan fingerprint density at radius 3 is 2.43 bits per heavy atom. The van der Waals surface area contributed by atoms with Crippen molar-refractivity contribution in [2.75, 3.05) is 6.61 Å². The quantitative estimate of drug-likeness (QED) is 0.602. The van der Waals surface area contributed by atoms with Crippen molar-refractivity contribution in [3.63, 3.8) is 0 Å². The largest absolute Gasteiger partial charge is 0.493 e. The first-order chi connectivity index (χ1) is 14.3. The monoisotopic (exact) mass is 413 g/mol. The Balaban J connectivity index is 0.000000263. The van der Waals surface area contributed by atoms with Gasteiger partial charge in [-0.05, 0) is 63.1 Å². The lowest BCUT2D eigenvalue weighted by Crippen LogP contribution is -2.47. The minimum absolute atomic E-state index is 0.228. The van der Waals surface area contributed by atoms with Gasteiger partial charge in [-0.1, -0.05) is 55.5 Å². The topological polar surface area (TPSA) is 78.8 Å². The highest BCUT2D eigenvalue weighted by atomic mass is 16.5. The van der Waals surface area contributed by atoms with Crippen LogP contribution in [0.3, 0.4) is 0 Å². The number of nitrogens with one attached hydrogen (secondary N) is 1. The van der Waals surface area contributed by atoms with Crippen LogP contribution < -0.4 is 10.1 Å². The molecule has 2 atom stereocenters. The highest BCUT2D eigenvalue weighted by Gasteiger charge is 2.26. The number of hydrogen-bond acceptors (Lipinski definition) is 4. The summed E-state index contributed by atoms with van der Waals surface area (Å²) < 4.78 is 5.42. The van der Waals surface area contributed by atoms with Crippen molar-refractivity contribution < 1.29 is 19.7 Å². The molecule has 1 aliphatic rings. The van der Waals surface area contributed by atoms with E-state index in [-0.39, 0.29) is 11.8 Å². The minimum atomic E-state index is -1.25. The molecule has 0 saturated heterocycles. The Bertz CT molecular complexity index is 745. The van der Waals surface area contributed by atoms with Gasteiger partial charge in [0.15, 0.2) is 0 Å². The van der Waals surface area contributed by atoms with E-state index >= 15 is 0 Å². The molecule has 2 aromatic rings. The number of aliphatic hydroxyl groups is 2. The Kier molecular flexibility index (Phi) is 9.34. The summed E-state index contributed by atoms with van der Waals surface area (Å²) in [5, 5.41) is 22.1. The highest BCUT2D eigenvalue weighted by Crippen LogP contribution is 2.23. The molecule has 1 aliphatic heterocycles. The van der Waals surface area contributed by atoms with Gasteiger partial charge in [0.1, 0.15) is 11.5 Å². The van der Waals surface area contributed by atoms with E-state index in [4.69, 9.17) is 4.74 Å². The molecule has 1 unspecified atom stereocenters. The SMILES string of the molecule is CCC(O)C[C@@H](Cc1ccccc1)C(=O)NC(C)(C)O.c1ccc2c(c1)CCCO2. The molecule has 5 nitrogen and oxygen atoms in total. The van der Waals surface area contributed by atoms with Gasteiger partial charge in [-0.3, -0.25) is 4.79 Å². The molecule has 0 bridgehead atoms. The van der Waals surface area contributed by atoms with Gasteiger partial charge in [0.25, 0.3) is 0 Å². The first-order valence-corrected chi connectivity index (χ1v) is 10.8. The van der Waals surface area contributed by atoms with Crippen LogP contribution in [0.2, 0.25) is 0 Å². The minimum Gasteiger partial charge on any atom is -0.493 e. The maximum Gasteiger partial charge on any atom is 0.225 e. The lowest BCUT2D eigenvalue weighted by molar-refractivity contribution is -0.132. The smallest absolute Gasteiger partial charge is 0.225 e. The third-order valence-electron chi connectivity index (χ3n) is 4.97. The van der Waals surface area contributed by atoms with Gasteiger partial charge >= 0.3 is 0 Å². The Morgan fingerprint density at radius 1 is 1.13 bits per heavy atom. The molecule has 0 radical (unpaired) electrons. The summed E-state index contributed by atoms with van der Waals surface area (Å²) >= 11 is 0. The van der Waals surface area contributed by atoms with E-state index in [0.29, 0.717) is 19.3 Å². The zero-order valence-corrected chi connectivity index (χ0v) is 18.3. The molecule has 30 heavy (non-hydrogen) atoms. The van der Waals surface area contributed by atoms with E-state index in [0.717, 1.165) is 24.3 Å². The van der Waals surface area contributed by atoms with E-state index < -0.39 is 11.8 Å². The van der Waals surface area contributed by atoms with Crippen molar-refractivity contribution in [1.29, 1.82) is 0 Å². The number of fused-ring (bicyclic) bond motifs is 1. The summed E-state index contributed by atoms with van der Waals surface area (Å²) in [5.74, 6) is 0.501. The van der Waals surface area contributed by atoms with Crippen LogP contribution in [0.1, 0.15) is 51.2 Å². The number of rotatable bonds is 7. The summed E-state index contributed by atoms with van der Waals surface area (Å²) in [6, 6.07) is 18.0. The predicted molar refractivity (Wildman–Crippen MR) is 119 cm³/mol. The van der Waals surface area contributed by atoms with Crippen LogP contribution in [-0.4, -0.2) is 34.6 Å². The number of aryl methyl sites for hydroxylation is 1. The molecule has 1 heterocycles. The molecule has 2 aromatic carbocycles. The second-order valence-electron chi connectivity index (χ2n) is 8.29. The maximum absolute atomic E-state index is 12.2. The van der Waals surface area contributed by atoms with Crippen LogP contribution in [0.5, 0.6) is 5.75 Å². The third-order valence-corrected chi connectivity index (χ3v) is 4.97. The van der Waals surface area contributed by atoms with Gasteiger partial charge < -0.3 is 20.3 Å². The normalized spacial score (nSPS) is 15.0. The first-order valence-electron chi connectivity index (χ1n) is 10.8. The van der Waals surface area contributed by atoms with Gasteiger partial charge in [-0.25, -0.2) is 0 Å². The zero-order chi connectivity index (χ0) is 22.0. The van der Waals surface area contributed by atoms with E-state index in [9.17, 15) is 15.0 Å². The van der Waals surface area contributed by atoms with Crippen molar-refractivity contribution in [3.8, 4) is 5.75 Å². The average molecular weight is 414 g/mol. The van der Waals surface area contributed by atoms with Crippen molar-refractivity contribution >= 4 is 5.91 Å². The summed E-state index contributed by atoms with van der Waals surface area (Å²) in [6.07, 6.45) is 3.40. The van der Waals surface area contributed by atoms with Crippen LogP contribution in [0, 0.1) is 5.92 Å². The third kappa shape index (κ3) is 8.56. The van der Waals surface area contributed by atoms with Gasteiger partial charge in [-0.2, -0.15) is 0 Å². The first kappa shape index (κ1) is 23.9. The molecule has 5 heteroatoms. The van der Waals surface area contributed by atoms with Crippen molar-refractivity contribution in [2.24, 2.45) is 5.92 Å². The number of ether oxygens (including phenoxy) is 1. The predicted octanol–water partition coefficient (Wildman–Crippen LogP) is 3.86. The molecular formula is C25H35NO4. The summed E-state index contributed by atoms with van der Waals surface area (Å²) in [7, 11) is 0. The van der Waals surface area contributed by atoms with Crippen molar-refractivity contribution in [3.05, 3.63) is 65.7 Å². The van der Waals surface area contributed by atoms with E-state index in [1.54, 1.807) is 0 Å². The number of carbonyl (C=O) groups excluding carboxylic acids is 1. The number of amides is 1. The number of aliphatic hydroxyl groups excluding tert-OH is 1. The molecule has 1 amide bonds. The standard InChI is InChI=1S/C16H25NO3.C9H10O/c1-4-14(18)11-13(15(19)17-16(2,3)20)10-12-8-6-5-7-9-12;1-2-6-9-8(4-1)5-3-7-10-9/h5-9,13-14,18,20H,4,10-11H2,1-3H3,(H,17,19);1-2,4,6H,3,5,7H2/t13-,14?;/m1./s1. The fourth-order valence-corrected chi connectivity index (χ4v) is 3.38. The summed E-state index contributed by atoms with van der Waals surface area (Å²) in [4.78, 5) is 12.2. The Labute approximate surface area is 180 Å². The lowest BCUT2D eigenvalue weighted by atomic mass is 9.91. The van der Waals surface area contributed by atoms with Crippen LogP contribution in [-0.2, 0) is 17.6 Å². The number of hydrogen-bond donors (Lipinski definition) is 3. The fraction of sp³-hybridized carbons (Fsp3) is 0.480. The Morgan fingerprint density at radius 2 is 1.80 bits per heavy atom. The van der Waals surface area contributed by atoms with Gasteiger partial charge in [0.2, 0.25) is 5.91 Å². The second-order valence-corrected chi connectivity index (χ2v) is 8.29. The molecule has 3 rings (SSSR count). The lowest BCUT2D eigenvalue weighted by Gasteiger charge is -2.25. The van der Waals surface area contributed by atoms with Crippen LogP contribution in [0.25, 0.3) is 0 Å². The van der Waals surface area contributed by atoms with Crippen molar-refractivity contribution in [2.45, 2.75) is 64.7 Å². The van der Waals surface area contributed by atoms with Gasteiger partial charge in [0, 0.05) is 5.92 Å². The molecule has 0 aromatic heterocycles. The number of benzene rings is 2. The van der Waals surface area contributed by atoms with E-state index in [2.05, 4.69) is 17.4 Å². The molecule has 164 valence electrons. The number of carbonyl (C=O) groups is 1. The van der Waals surface area contributed by atoms with Crippen LogP contribution in [0.4, 0.5) is 0 Å². The highest BCUT2D eigenvalue weighted by molar-refractivity contribution is 5.79. The van der Waals surface area contributed by atoms with Gasteiger partial charge in [0.05, 0.1) is 12.7 Å². The zero-order valence-electron chi connectivity index (χ0n) is 18.3. The molecule has 0 aliphatic carbocycles.